The fourth-order valence-corrected chi connectivity index (χ4v) is 6.35. The van der Waals surface area contributed by atoms with Crippen molar-refractivity contribution in [1.82, 2.24) is 0 Å². The summed E-state index contributed by atoms with van der Waals surface area (Å²) < 4.78 is 42.2. The Labute approximate surface area is 191 Å². The summed E-state index contributed by atoms with van der Waals surface area (Å²) in [6.07, 6.45) is 0. The van der Waals surface area contributed by atoms with Gasteiger partial charge >= 0.3 is 0 Å². The van der Waals surface area contributed by atoms with Gasteiger partial charge in [-0.05, 0) is 72.8 Å². The molecule has 0 heterocycles. The van der Waals surface area contributed by atoms with E-state index < -0.39 is 9.84 Å². The zero-order valence-electron chi connectivity index (χ0n) is 17.3. The predicted molar refractivity (Wildman–Crippen MR) is 126 cm³/mol. The molecule has 0 fully saturated rings. The molecule has 0 bridgehead atoms. The first-order chi connectivity index (χ1) is 14.9. The molecule has 0 radical (unpaired) electrons. The average Bonchev–Trinajstić information content (AvgIpc) is 2.80. The van der Waals surface area contributed by atoms with Crippen molar-refractivity contribution in [2.45, 2.75) is 14.7 Å². The lowest BCUT2D eigenvalue weighted by Crippen LogP contribution is -1.97. The number of rotatable bonds is 9. The Balaban J connectivity index is 1.93. The number of ether oxygens (including phenoxy) is 3. The Bertz CT molecular complexity index is 1070. The third-order valence-electron chi connectivity index (χ3n) is 4.20. The Hall–Kier alpha value is -2.55. The van der Waals surface area contributed by atoms with Crippen LogP contribution in [0.4, 0.5) is 0 Å². The Kier molecular flexibility index (Phi) is 7.95. The molecule has 0 saturated carbocycles. The molecular formula is C23H22O5S3. The molecule has 0 aliphatic heterocycles. The first-order valence-electron chi connectivity index (χ1n) is 9.18. The van der Waals surface area contributed by atoms with E-state index in [0.29, 0.717) is 9.99 Å². The van der Waals surface area contributed by atoms with Gasteiger partial charge in [-0.3, -0.25) is 0 Å². The maximum atomic E-state index is 13.0. The van der Waals surface area contributed by atoms with Gasteiger partial charge in [-0.25, -0.2) is 8.42 Å². The molecule has 31 heavy (non-hydrogen) atoms. The quantitative estimate of drug-likeness (QED) is 0.359. The van der Waals surface area contributed by atoms with E-state index in [1.54, 1.807) is 45.6 Å². The molecule has 8 heteroatoms. The van der Waals surface area contributed by atoms with Crippen LogP contribution in [0.2, 0.25) is 0 Å². The monoisotopic (exact) mass is 474 g/mol. The van der Waals surface area contributed by atoms with Gasteiger partial charge in [0.25, 0.3) is 0 Å². The van der Waals surface area contributed by atoms with Gasteiger partial charge in [-0.1, -0.05) is 23.5 Å². The van der Waals surface area contributed by atoms with Gasteiger partial charge in [0, 0.05) is 9.79 Å². The van der Waals surface area contributed by atoms with Crippen LogP contribution >= 0.6 is 23.5 Å². The molecule has 0 atom stereocenters. The molecule has 3 aromatic carbocycles. The zero-order valence-corrected chi connectivity index (χ0v) is 19.7. The fourth-order valence-electron chi connectivity index (χ4n) is 2.55. The van der Waals surface area contributed by atoms with Crippen molar-refractivity contribution < 1.29 is 22.6 Å². The lowest BCUT2D eigenvalue weighted by Gasteiger charge is -2.10. The number of benzene rings is 3. The topological polar surface area (TPSA) is 61.8 Å². The van der Waals surface area contributed by atoms with E-state index in [4.69, 9.17) is 14.2 Å². The molecule has 0 saturated heterocycles. The van der Waals surface area contributed by atoms with Crippen molar-refractivity contribution in [2.75, 3.05) is 21.3 Å². The number of hydrogen-bond donors (Lipinski definition) is 0. The van der Waals surface area contributed by atoms with E-state index in [-0.39, 0.29) is 4.90 Å². The molecule has 0 aliphatic carbocycles. The predicted octanol–water partition coefficient (Wildman–Crippen LogP) is 5.87. The van der Waals surface area contributed by atoms with Crippen molar-refractivity contribution in [1.29, 1.82) is 0 Å². The molecular weight excluding hydrogens is 452 g/mol. The van der Waals surface area contributed by atoms with E-state index in [2.05, 4.69) is 0 Å². The van der Waals surface area contributed by atoms with Gasteiger partial charge in [-0.2, -0.15) is 0 Å². The van der Waals surface area contributed by atoms with E-state index >= 15 is 0 Å². The molecule has 3 rings (SSSR count). The Morgan fingerprint density at radius 3 is 1.35 bits per heavy atom. The van der Waals surface area contributed by atoms with E-state index in [9.17, 15) is 8.42 Å². The lowest BCUT2D eigenvalue weighted by atomic mass is 10.3. The van der Waals surface area contributed by atoms with E-state index in [1.165, 1.54) is 28.9 Å². The smallest absolute Gasteiger partial charge is 0.201 e. The SMILES string of the molecule is COc1ccc(SC(=CS(=O)(=O)c2ccc(OC)cc2)Sc2ccc(OC)cc2)cc1. The van der Waals surface area contributed by atoms with Crippen molar-refractivity contribution in [3.63, 3.8) is 0 Å². The second-order valence-corrected chi connectivity index (χ2v) is 10.5. The standard InChI is InChI=1S/C23H22O5S3/c1-26-17-4-10-20(11-5-17)29-23(30-21-12-6-18(27-2)7-13-21)16-31(24,25)22-14-8-19(28-3)9-15-22/h4-16H,1-3H3. The van der Waals surface area contributed by atoms with Crippen LogP contribution in [-0.2, 0) is 9.84 Å². The molecule has 0 aliphatic rings. The molecule has 0 unspecified atom stereocenters. The highest BCUT2D eigenvalue weighted by molar-refractivity contribution is 8.22. The third kappa shape index (κ3) is 6.46. The number of thioether (sulfide) groups is 2. The summed E-state index contributed by atoms with van der Waals surface area (Å²) >= 11 is 2.75. The minimum atomic E-state index is -3.66. The summed E-state index contributed by atoms with van der Waals surface area (Å²) in [5.41, 5.74) is 0. The second kappa shape index (κ2) is 10.7. The molecule has 3 aromatic rings. The highest BCUT2D eigenvalue weighted by Crippen LogP contribution is 2.41. The van der Waals surface area contributed by atoms with Crippen molar-refractivity contribution in [3.05, 3.63) is 82.4 Å². The first-order valence-corrected chi connectivity index (χ1v) is 12.4. The van der Waals surface area contributed by atoms with Crippen LogP contribution in [0.5, 0.6) is 17.2 Å². The normalized spacial score (nSPS) is 10.9. The summed E-state index contributed by atoms with van der Waals surface area (Å²) in [6.45, 7) is 0. The van der Waals surface area contributed by atoms with E-state index in [1.807, 2.05) is 48.5 Å². The van der Waals surface area contributed by atoms with Crippen LogP contribution < -0.4 is 14.2 Å². The van der Waals surface area contributed by atoms with Crippen LogP contribution in [0.1, 0.15) is 0 Å². The Morgan fingerprint density at radius 1 is 0.645 bits per heavy atom. The highest BCUT2D eigenvalue weighted by atomic mass is 32.2. The molecule has 0 N–H and O–H groups in total. The maximum Gasteiger partial charge on any atom is 0.201 e. The van der Waals surface area contributed by atoms with Gasteiger partial charge < -0.3 is 14.2 Å². The molecule has 162 valence electrons. The van der Waals surface area contributed by atoms with E-state index in [0.717, 1.165) is 21.3 Å². The highest BCUT2D eigenvalue weighted by Gasteiger charge is 2.15. The van der Waals surface area contributed by atoms with Crippen LogP contribution in [0.25, 0.3) is 0 Å². The number of sulfone groups is 1. The van der Waals surface area contributed by atoms with Gasteiger partial charge in [0.1, 0.15) is 17.2 Å². The van der Waals surface area contributed by atoms with Crippen LogP contribution in [0.15, 0.2) is 97.1 Å². The molecule has 0 amide bonds. The summed E-state index contributed by atoms with van der Waals surface area (Å²) in [7, 11) is 1.09. The summed E-state index contributed by atoms with van der Waals surface area (Å²) in [5, 5.41) is 1.30. The van der Waals surface area contributed by atoms with Gasteiger partial charge in [0.05, 0.1) is 35.9 Å². The fraction of sp³-hybridized carbons (Fsp3) is 0.130. The summed E-state index contributed by atoms with van der Waals surface area (Å²) in [4.78, 5) is 2.01. The lowest BCUT2D eigenvalue weighted by molar-refractivity contribution is 0.414. The van der Waals surface area contributed by atoms with Gasteiger partial charge in [0.2, 0.25) is 9.84 Å². The van der Waals surface area contributed by atoms with Gasteiger partial charge in [-0.15, -0.1) is 0 Å². The average molecular weight is 475 g/mol. The summed E-state index contributed by atoms with van der Waals surface area (Å²) in [6, 6.07) is 21.3. The number of hydrogen-bond acceptors (Lipinski definition) is 7. The van der Waals surface area contributed by atoms with Crippen molar-refractivity contribution >= 4 is 33.4 Å². The minimum absolute atomic E-state index is 0.205. The molecule has 0 spiro atoms. The summed E-state index contributed by atoms with van der Waals surface area (Å²) in [5.74, 6) is 2.08. The Morgan fingerprint density at radius 2 is 1.00 bits per heavy atom. The van der Waals surface area contributed by atoms with Crippen molar-refractivity contribution in [3.8, 4) is 17.2 Å². The first kappa shape index (κ1) is 23.1. The maximum absolute atomic E-state index is 13.0. The van der Waals surface area contributed by atoms with Crippen molar-refractivity contribution in [2.24, 2.45) is 0 Å². The molecule has 5 nitrogen and oxygen atoms in total. The third-order valence-corrected chi connectivity index (χ3v) is 8.12. The molecule has 0 aromatic heterocycles. The largest absolute Gasteiger partial charge is 0.497 e. The van der Waals surface area contributed by atoms with Gasteiger partial charge in [0.15, 0.2) is 0 Å². The van der Waals surface area contributed by atoms with Crippen LogP contribution in [0, 0.1) is 0 Å². The minimum Gasteiger partial charge on any atom is -0.497 e. The number of methoxy groups -OCH3 is 3. The zero-order chi connectivity index (χ0) is 22.3. The van der Waals surface area contributed by atoms with Crippen LogP contribution in [0.3, 0.4) is 0 Å². The van der Waals surface area contributed by atoms with Crippen LogP contribution in [-0.4, -0.2) is 29.7 Å². The second-order valence-electron chi connectivity index (χ2n) is 6.21.